The van der Waals surface area contributed by atoms with E-state index in [9.17, 15) is 18.0 Å². The van der Waals surface area contributed by atoms with Gasteiger partial charge in [-0.25, -0.2) is 0 Å². The van der Waals surface area contributed by atoms with Crippen LogP contribution in [0, 0.1) is 0 Å². The van der Waals surface area contributed by atoms with Gasteiger partial charge in [0.2, 0.25) is 0 Å². The predicted octanol–water partition coefficient (Wildman–Crippen LogP) is 4.70. The minimum absolute atomic E-state index is 0.00428. The lowest BCUT2D eigenvalue weighted by molar-refractivity contribution is -0.274. The van der Waals surface area contributed by atoms with Crippen LogP contribution in [0.5, 0.6) is 5.75 Å². The Hall–Kier alpha value is -3.22. The van der Waals surface area contributed by atoms with Gasteiger partial charge < -0.3 is 14.5 Å². The molecule has 7 heteroatoms. The summed E-state index contributed by atoms with van der Waals surface area (Å²) >= 11 is 0. The van der Waals surface area contributed by atoms with E-state index >= 15 is 0 Å². The quantitative estimate of drug-likeness (QED) is 0.639. The molecule has 1 fully saturated rings. The zero-order valence-corrected chi connectivity index (χ0v) is 15.5. The first-order valence-corrected chi connectivity index (χ1v) is 9.28. The van der Waals surface area contributed by atoms with Gasteiger partial charge in [0.05, 0.1) is 0 Å². The van der Waals surface area contributed by atoms with E-state index in [1.807, 2.05) is 52.3 Å². The summed E-state index contributed by atoms with van der Waals surface area (Å²) in [5.74, 6) is -0.249. The molecule has 1 saturated heterocycles. The van der Waals surface area contributed by atoms with Gasteiger partial charge in [-0.05, 0) is 41.1 Å². The Labute approximate surface area is 166 Å². The molecule has 0 aromatic heterocycles. The zero-order valence-electron chi connectivity index (χ0n) is 15.5. The highest BCUT2D eigenvalue weighted by Gasteiger charge is 2.31. The van der Waals surface area contributed by atoms with Crippen LogP contribution in [0.25, 0.3) is 10.8 Å². The number of ether oxygens (including phenoxy) is 1. The average Bonchev–Trinajstić information content (AvgIpc) is 2.72. The van der Waals surface area contributed by atoms with Crippen molar-refractivity contribution < 1.29 is 22.7 Å². The van der Waals surface area contributed by atoms with Crippen LogP contribution < -0.4 is 9.64 Å². The molecule has 0 aliphatic carbocycles. The van der Waals surface area contributed by atoms with Crippen molar-refractivity contribution in [1.29, 1.82) is 0 Å². The third-order valence-corrected chi connectivity index (χ3v) is 5.02. The number of hydrogen-bond donors (Lipinski definition) is 0. The first-order valence-electron chi connectivity index (χ1n) is 9.28. The minimum atomic E-state index is -4.70. The van der Waals surface area contributed by atoms with Crippen LogP contribution in [0.3, 0.4) is 0 Å². The molecule has 0 saturated carbocycles. The molecule has 150 valence electrons. The number of alkyl halides is 3. The van der Waals surface area contributed by atoms with E-state index in [2.05, 4.69) is 4.74 Å². The SMILES string of the molecule is O=C(c1cccc2ccccc12)N1CCN(c2ccc(OC(F)(F)F)cc2)CC1. The number of piperazine rings is 1. The van der Waals surface area contributed by atoms with Crippen LogP contribution >= 0.6 is 0 Å². The third kappa shape index (κ3) is 4.29. The van der Waals surface area contributed by atoms with E-state index in [4.69, 9.17) is 0 Å². The molecule has 1 heterocycles. The van der Waals surface area contributed by atoms with Crippen molar-refractivity contribution in [2.75, 3.05) is 31.1 Å². The van der Waals surface area contributed by atoms with Gasteiger partial charge in [0, 0.05) is 37.4 Å². The molecule has 0 radical (unpaired) electrons. The van der Waals surface area contributed by atoms with E-state index in [0.29, 0.717) is 31.7 Å². The number of carbonyl (C=O) groups excluding carboxylic acids is 1. The number of halogens is 3. The number of anilines is 1. The Morgan fingerprint density at radius 1 is 0.828 bits per heavy atom. The standard InChI is InChI=1S/C22H19F3N2O2/c23-22(24,25)29-18-10-8-17(9-11-18)26-12-14-27(15-13-26)21(28)20-7-3-5-16-4-1-2-6-19(16)20/h1-11H,12-15H2. The molecular weight excluding hydrogens is 381 g/mol. The summed E-state index contributed by atoms with van der Waals surface area (Å²) in [5.41, 5.74) is 1.49. The van der Waals surface area contributed by atoms with Gasteiger partial charge >= 0.3 is 6.36 Å². The van der Waals surface area contributed by atoms with E-state index < -0.39 is 6.36 Å². The van der Waals surface area contributed by atoms with Crippen LogP contribution in [-0.2, 0) is 0 Å². The first-order chi connectivity index (χ1) is 13.9. The monoisotopic (exact) mass is 400 g/mol. The van der Waals surface area contributed by atoms with Crippen molar-refractivity contribution >= 4 is 22.4 Å². The summed E-state index contributed by atoms with van der Waals surface area (Å²) in [6.45, 7) is 2.30. The number of amides is 1. The van der Waals surface area contributed by atoms with Gasteiger partial charge in [-0.1, -0.05) is 36.4 Å². The number of fused-ring (bicyclic) bond motifs is 1. The van der Waals surface area contributed by atoms with Crippen molar-refractivity contribution in [1.82, 2.24) is 4.90 Å². The number of nitrogens with zero attached hydrogens (tertiary/aromatic N) is 2. The number of benzene rings is 3. The normalized spacial score (nSPS) is 14.9. The summed E-state index contributed by atoms with van der Waals surface area (Å²) in [6, 6.07) is 19.3. The van der Waals surface area contributed by atoms with Crippen molar-refractivity contribution in [2.45, 2.75) is 6.36 Å². The fraction of sp³-hybridized carbons (Fsp3) is 0.227. The van der Waals surface area contributed by atoms with Gasteiger partial charge in [-0.2, -0.15) is 0 Å². The lowest BCUT2D eigenvalue weighted by Crippen LogP contribution is -2.48. The molecule has 3 aromatic carbocycles. The molecule has 0 N–H and O–H groups in total. The summed E-state index contributed by atoms with van der Waals surface area (Å²) in [4.78, 5) is 16.9. The maximum Gasteiger partial charge on any atom is 0.573 e. The van der Waals surface area contributed by atoms with Crippen LogP contribution in [0.4, 0.5) is 18.9 Å². The zero-order chi connectivity index (χ0) is 20.4. The minimum Gasteiger partial charge on any atom is -0.406 e. The van der Waals surface area contributed by atoms with Crippen LogP contribution in [0.2, 0.25) is 0 Å². The second-order valence-corrected chi connectivity index (χ2v) is 6.85. The maximum atomic E-state index is 13.0. The Balaban J connectivity index is 1.42. The molecule has 1 aliphatic heterocycles. The molecule has 3 aromatic rings. The Kier molecular flexibility index (Phi) is 5.05. The average molecular weight is 400 g/mol. The molecule has 0 bridgehead atoms. The maximum absolute atomic E-state index is 13.0. The van der Waals surface area contributed by atoms with Crippen LogP contribution in [0.1, 0.15) is 10.4 Å². The Morgan fingerprint density at radius 2 is 1.48 bits per heavy atom. The van der Waals surface area contributed by atoms with Crippen molar-refractivity contribution in [3.8, 4) is 5.75 Å². The van der Waals surface area contributed by atoms with Crippen LogP contribution in [-0.4, -0.2) is 43.3 Å². The second-order valence-electron chi connectivity index (χ2n) is 6.85. The van der Waals surface area contributed by atoms with E-state index in [1.54, 1.807) is 12.1 Å². The summed E-state index contributed by atoms with van der Waals surface area (Å²) in [7, 11) is 0. The Morgan fingerprint density at radius 3 is 2.17 bits per heavy atom. The third-order valence-electron chi connectivity index (χ3n) is 5.02. The molecule has 0 atom stereocenters. The van der Waals surface area contributed by atoms with Crippen molar-refractivity contribution in [3.63, 3.8) is 0 Å². The second kappa shape index (κ2) is 7.66. The number of rotatable bonds is 3. The molecular formula is C22H19F3N2O2. The predicted molar refractivity (Wildman–Crippen MR) is 105 cm³/mol. The Bertz CT molecular complexity index is 1010. The van der Waals surface area contributed by atoms with Gasteiger partial charge in [0.15, 0.2) is 0 Å². The van der Waals surface area contributed by atoms with Crippen molar-refractivity contribution in [3.05, 3.63) is 72.3 Å². The lowest BCUT2D eigenvalue weighted by Gasteiger charge is -2.36. The van der Waals surface area contributed by atoms with Crippen LogP contribution in [0.15, 0.2) is 66.7 Å². The summed E-state index contributed by atoms with van der Waals surface area (Å²) < 4.78 is 40.8. The molecule has 0 unspecified atom stereocenters. The highest BCUT2D eigenvalue weighted by atomic mass is 19.4. The van der Waals surface area contributed by atoms with Gasteiger partial charge in [0.1, 0.15) is 5.75 Å². The molecule has 29 heavy (non-hydrogen) atoms. The lowest BCUT2D eigenvalue weighted by atomic mass is 10.0. The number of carbonyl (C=O) groups is 1. The fourth-order valence-corrected chi connectivity index (χ4v) is 3.61. The first kappa shape index (κ1) is 19.1. The molecule has 4 nitrogen and oxygen atoms in total. The van der Waals surface area contributed by atoms with Gasteiger partial charge in [-0.3, -0.25) is 4.79 Å². The summed E-state index contributed by atoms with van der Waals surface area (Å²) in [5, 5.41) is 1.96. The highest BCUT2D eigenvalue weighted by Crippen LogP contribution is 2.26. The summed E-state index contributed by atoms with van der Waals surface area (Å²) in [6.07, 6.45) is -4.70. The largest absolute Gasteiger partial charge is 0.573 e. The topological polar surface area (TPSA) is 32.8 Å². The molecule has 1 aliphatic rings. The smallest absolute Gasteiger partial charge is 0.406 e. The molecule has 0 spiro atoms. The fourth-order valence-electron chi connectivity index (χ4n) is 3.61. The van der Waals surface area contributed by atoms with Gasteiger partial charge in [0.25, 0.3) is 5.91 Å². The van der Waals surface area contributed by atoms with Gasteiger partial charge in [-0.15, -0.1) is 13.2 Å². The highest BCUT2D eigenvalue weighted by molar-refractivity contribution is 6.07. The van der Waals surface area contributed by atoms with Crippen molar-refractivity contribution in [2.24, 2.45) is 0 Å². The van der Waals surface area contributed by atoms with E-state index in [1.165, 1.54) is 12.1 Å². The van der Waals surface area contributed by atoms with E-state index in [-0.39, 0.29) is 11.7 Å². The molecule has 1 amide bonds. The van der Waals surface area contributed by atoms with E-state index in [0.717, 1.165) is 16.5 Å². The molecule has 4 rings (SSSR count). The number of hydrogen-bond acceptors (Lipinski definition) is 3.